The summed E-state index contributed by atoms with van der Waals surface area (Å²) in [6, 6.07) is 11.5. The van der Waals surface area contributed by atoms with Crippen LogP contribution < -0.4 is 0 Å². The van der Waals surface area contributed by atoms with Crippen LogP contribution in [0, 0.1) is 5.82 Å². The summed E-state index contributed by atoms with van der Waals surface area (Å²) in [6.45, 7) is 2.05. The third kappa shape index (κ3) is 3.81. The summed E-state index contributed by atoms with van der Waals surface area (Å²) in [7, 11) is 0. The molecule has 24 heavy (non-hydrogen) atoms. The Hall–Kier alpha value is -3.09. The molecule has 0 spiro atoms. The summed E-state index contributed by atoms with van der Waals surface area (Å²) < 4.78 is 20.0. The van der Waals surface area contributed by atoms with Crippen molar-refractivity contribution in [1.29, 1.82) is 0 Å². The Morgan fingerprint density at radius 3 is 2.92 bits per heavy atom. The fourth-order valence-corrected chi connectivity index (χ4v) is 2.19. The fraction of sp³-hybridized carbons (Fsp3) is 0.176. The Kier molecular flexibility index (Phi) is 4.60. The summed E-state index contributed by atoms with van der Waals surface area (Å²) in [5, 5.41) is 7.68. The van der Waals surface area contributed by atoms with Crippen LogP contribution in [0.1, 0.15) is 34.8 Å². The molecule has 1 unspecified atom stereocenters. The third-order valence-corrected chi connectivity index (χ3v) is 3.37. The quantitative estimate of drug-likeness (QED) is 0.674. The van der Waals surface area contributed by atoms with Crippen molar-refractivity contribution in [3.05, 3.63) is 77.6 Å². The summed E-state index contributed by atoms with van der Waals surface area (Å²) >= 11 is 0. The minimum atomic E-state index is -0.585. The number of carbonyl (C=O) groups is 1. The van der Waals surface area contributed by atoms with Gasteiger partial charge in [-0.2, -0.15) is 0 Å². The first kappa shape index (κ1) is 15.8. The average molecular weight is 326 g/mol. The lowest BCUT2D eigenvalue weighted by atomic mass is 10.2. The van der Waals surface area contributed by atoms with Crippen LogP contribution in [0.15, 0.2) is 54.9 Å². The number of aromatic nitrogens is 4. The fourth-order valence-electron chi connectivity index (χ4n) is 2.19. The van der Waals surface area contributed by atoms with Crippen LogP contribution in [0.5, 0.6) is 0 Å². The van der Waals surface area contributed by atoms with Gasteiger partial charge in [0, 0.05) is 6.20 Å². The zero-order valence-electron chi connectivity index (χ0n) is 13.0. The maximum atomic E-state index is 13.2. The number of benzene rings is 1. The molecule has 0 bridgehead atoms. The Morgan fingerprint density at radius 2 is 2.17 bits per heavy atom. The molecule has 6 nitrogen and oxygen atoms in total. The standard InChI is InChI=1S/C17H15FN4O2/c1-12(15-7-2-3-8-19-15)24-17(23)16-11-22(21-20-16)10-13-5-4-6-14(18)9-13/h2-9,11-12H,10H2,1H3. The molecule has 3 rings (SSSR count). The number of halogens is 1. The molecule has 0 aliphatic heterocycles. The van der Waals surface area contributed by atoms with Gasteiger partial charge in [-0.3, -0.25) is 4.98 Å². The van der Waals surface area contributed by atoms with Gasteiger partial charge in [-0.25, -0.2) is 13.9 Å². The van der Waals surface area contributed by atoms with E-state index in [0.717, 1.165) is 5.56 Å². The van der Waals surface area contributed by atoms with Gasteiger partial charge in [0.1, 0.15) is 11.9 Å². The molecule has 0 aliphatic rings. The molecule has 122 valence electrons. The molecule has 0 fully saturated rings. The number of pyridine rings is 1. The van der Waals surface area contributed by atoms with E-state index in [0.29, 0.717) is 12.2 Å². The van der Waals surface area contributed by atoms with Gasteiger partial charge in [-0.1, -0.05) is 23.4 Å². The molecule has 0 N–H and O–H groups in total. The summed E-state index contributed by atoms with van der Waals surface area (Å²) in [6.07, 6.45) is 2.61. The molecular formula is C17H15FN4O2. The highest BCUT2D eigenvalue weighted by Gasteiger charge is 2.17. The molecule has 1 aromatic carbocycles. The second-order valence-electron chi connectivity index (χ2n) is 5.23. The van der Waals surface area contributed by atoms with Crippen LogP contribution in [-0.2, 0) is 11.3 Å². The Bertz CT molecular complexity index is 835. The second kappa shape index (κ2) is 6.99. The third-order valence-electron chi connectivity index (χ3n) is 3.37. The molecule has 0 saturated heterocycles. The lowest BCUT2D eigenvalue weighted by Gasteiger charge is -2.10. The zero-order chi connectivity index (χ0) is 16.9. The number of ether oxygens (including phenoxy) is 1. The van der Waals surface area contributed by atoms with E-state index < -0.39 is 12.1 Å². The minimum absolute atomic E-state index is 0.0918. The van der Waals surface area contributed by atoms with E-state index in [1.807, 2.05) is 6.07 Å². The summed E-state index contributed by atoms with van der Waals surface area (Å²) in [5.74, 6) is -0.907. The first-order valence-electron chi connectivity index (χ1n) is 7.38. The predicted octanol–water partition coefficient (Wildman–Crippen LogP) is 2.78. The molecule has 0 radical (unpaired) electrons. The molecule has 0 aliphatic carbocycles. The number of esters is 1. The van der Waals surface area contributed by atoms with Crippen LogP contribution in [-0.4, -0.2) is 25.9 Å². The smallest absolute Gasteiger partial charge is 0.361 e. The molecular weight excluding hydrogens is 311 g/mol. The van der Waals surface area contributed by atoms with Crippen molar-refractivity contribution >= 4 is 5.97 Å². The van der Waals surface area contributed by atoms with Crippen molar-refractivity contribution in [2.45, 2.75) is 19.6 Å². The van der Waals surface area contributed by atoms with E-state index in [1.54, 1.807) is 37.4 Å². The summed E-state index contributed by atoms with van der Waals surface area (Å²) in [4.78, 5) is 16.3. The molecule has 2 aromatic heterocycles. The lowest BCUT2D eigenvalue weighted by Crippen LogP contribution is -2.10. The highest BCUT2D eigenvalue weighted by atomic mass is 19.1. The van der Waals surface area contributed by atoms with Gasteiger partial charge in [0.2, 0.25) is 0 Å². The molecule has 1 atom stereocenters. The van der Waals surface area contributed by atoms with E-state index in [1.165, 1.54) is 23.0 Å². The van der Waals surface area contributed by atoms with Crippen LogP contribution >= 0.6 is 0 Å². The van der Waals surface area contributed by atoms with Crippen molar-refractivity contribution in [2.24, 2.45) is 0 Å². The number of hydrogen-bond acceptors (Lipinski definition) is 5. The van der Waals surface area contributed by atoms with Crippen LogP contribution in [0.4, 0.5) is 4.39 Å². The van der Waals surface area contributed by atoms with E-state index in [2.05, 4.69) is 15.3 Å². The van der Waals surface area contributed by atoms with Gasteiger partial charge in [0.15, 0.2) is 5.69 Å². The number of carbonyl (C=O) groups excluding carboxylic acids is 1. The van der Waals surface area contributed by atoms with Gasteiger partial charge in [-0.15, -0.1) is 5.10 Å². The average Bonchev–Trinajstić information content (AvgIpc) is 3.04. The first-order chi connectivity index (χ1) is 11.6. The normalized spacial score (nSPS) is 11.9. The van der Waals surface area contributed by atoms with Crippen molar-refractivity contribution in [1.82, 2.24) is 20.0 Å². The highest BCUT2D eigenvalue weighted by Crippen LogP contribution is 2.15. The first-order valence-corrected chi connectivity index (χ1v) is 7.38. The summed E-state index contributed by atoms with van der Waals surface area (Å²) in [5.41, 5.74) is 1.47. The number of nitrogens with zero attached hydrogens (tertiary/aromatic N) is 4. The topological polar surface area (TPSA) is 69.9 Å². The van der Waals surface area contributed by atoms with Crippen LogP contribution in [0.3, 0.4) is 0 Å². The van der Waals surface area contributed by atoms with E-state index in [-0.39, 0.29) is 11.5 Å². The maximum Gasteiger partial charge on any atom is 0.361 e. The Morgan fingerprint density at radius 1 is 1.29 bits per heavy atom. The molecule has 2 heterocycles. The van der Waals surface area contributed by atoms with Crippen molar-refractivity contribution in [3.63, 3.8) is 0 Å². The number of hydrogen-bond donors (Lipinski definition) is 0. The van der Waals surface area contributed by atoms with Crippen molar-refractivity contribution < 1.29 is 13.9 Å². The lowest BCUT2D eigenvalue weighted by molar-refractivity contribution is 0.0322. The van der Waals surface area contributed by atoms with Crippen LogP contribution in [0.25, 0.3) is 0 Å². The molecule has 0 amide bonds. The van der Waals surface area contributed by atoms with E-state index >= 15 is 0 Å². The molecule has 7 heteroatoms. The van der Waals surface area contributed by atoms with Crippen LogP contribution in [0.2, 0.25) is 0 Å². The maximum absolute atomic E-state index is 13.2. The SMILES string of the molecule is CC(OC(=O)c1cn(Cc2cccc(F)c2)nn1)c1ccccn1. The van der Waals surface area contributed by atoms with Gasteiger partial charge < -0.3 is 4.74 Å². The second-order valence-corrected chi connectivity index (χ2v) is 5.23. The Balaban J connectivity index is 1.65. The Labute approximate surface area is 137 Å². The van der Waals surface area contributed by atoms with E-state index in [4.69, 9.17) is 4.74 Å². The van der Waals surface area contributed by atoms with Crippen molar-refractivity contribution in [3.8, 4) is 0 Å². The monoisotopic (exact) mass is 326 g/mol. The van der Waals surface area contributed by atoms with Gasteiger partial charge in [0.05, 0.1) is 18.4 Å². The van der Waals surface area contributed by atoms with E-state index in [9.17, 15) is 9.18 Å². The number of rotatable bonds is 5. The van der Waals surface area contributed by atoms with Gasteiger partial charge in [0.25, 0.3) is 0 Å². The zero-order valence-corrected chi connectivity index (χ0v) is 13.0. The molecule has 3 aromatic rings. The highest BCUT2D eigenvalue weighted by molar-refractivity contribution is 5.86. The predicted molar refractivity (Wildman–Crippen MR) is 83.6 cm³/mol. The minimum Gasteiger partial charge on any atom is -0.451 e. The van der Waals surface area contributed by atoms with Gasteiger partial charge in [-0.05, 0) is 36.8 Å². The largest absolute Gasteiger partial charge is 0.451 e. The molecule has 0 saturated carbocycles. The van der Waals surface area contributed by atoms with Crippen molar-refractivity contribution in [2.75, 3.05) is 0 Å². The van der Waals surface area contributed by atoms with Gasteiger partial charge >= 0.3 is 5.97 Å².